The summed E-state index contributed by atoms with van der Waals surface area (Å²) in [4.78, 5) is 27.1. The van der Waals surface area contributed by atoms with E-state index in [0.717, 1.165) is 30.2 Å². The van der Waals surface area contributed by atoms with Crippen LogP contribution >= 0.6 is 15.9 Å². The molecule has 1 aliphatic heterocycles. The fraction of sp³-hybridized carbons (Fsp3) is 0.368. The maximum absolute atomic E-state index is 13.0. The second-order valence-electron chi connectivity index (χ2n) is 6.33. The molecule has 1 N–H and O–H groups in total. The molecule has 0 saturated heterocycles. The van der Waals surface area contributed by atoms with Crippen LogP contribution in [0.15, 0.2) is 39.5 Å². The van der Waals surface area contributed by atoms with Gasteiger partial charge in [-0.05, 0) is 44.0 Å². The highest BCUT2D eigenvalue weighted by Crippen LogP contribution is 2.38. The van der Waals surface area contributed by atoms with E-state index in [4.69, 9.17) is 4.74 Å². The number of methoxy groups -OCH3 is 1. The first kappa shape index (κ1) is 17.7. The van der Waals surface area contributed by atoms with E-state index >= 15 is 0 Å². The molecule has 1 saturated carbocycles. The second kappa shape index (κ2) is 7.04. The zero-order valence-electron chi connectivity index (χ0n) is 14.2. The van der Waals surface area contributed by atoms with E-state index in [2.05, 4.69) is 15.9 Å². The summed E-state index contributed by atoms with van der Waals surface area (Å²) in [5.74, 6) is -0.694. The number of halogens is 1. The van der Waals surface area contributed by atoms with Gasteiger partial charge in [-0.25, -0.2) is 4.79 Å². The maximum Gasteiger partial charge on any atom is 0.340 e. The number of carbonyl (C=O) groups is 2. The van der Waals surface area contributed by atoms with Crippen molar-refractivity contribution in [3.05, 3.63) is 45.1 Å². The Morgan fingerprint density at radius 1 is 1.36 bits per heavy atom. The molecular weight excluding hydrogens is 386 g/mol. The highest BCUT2D eigenvalue weighted by molar-refractivity contribution is 9.10. The van der Waals surface area contributed by atoms with E-state index < -0.39 is 5.97 Å². The molecule has 1 aromatic rings. The van der Waals surface area contributed by atoms with E-state index in [0.29, 0.717) is 11.3 Å². The molecule has 1 aliphatic carbocycles. The number of ether oxygens (including phenoxy) is 1. The molecule has 1 aromatic carbocycles. The van der Waals surface area contributed by atoms with Gasteiger partial charge >= 0.3 is 5.97 Å². The fourth-order valence-corrected chi connectivity index (χ4v) is 3.98. The normalized spacial score (nSPS) is 20.0. The molecule has 0 spiro atoms. The zero-order chi connectivity index (χ0) is 18.1. The minimum Gasteiger partial charge on any atom is -0.507 e. The molecule has 6 heteroatoms. The van der Waals surface area contributed by atoms with Gasteiger partial charge in [0.05, 0.1) is 18.3 Å². The third-order valence-electron chi connectivity index (χ3n) is 4.81. The Balaban J connectivity index is 2.10. The number of amides is 1. The summed E-state index contributed by atoms with van der Waals surface area (Å²) in [7, 11) is 1.31. The first-order valence-corrected chi connectivity index (χ1v) is 9.06. The quantitative estimate of drug-likeness (QED) is 0.613. The fourth-order valence-electron chi connectivity index (χ4n) is 3.60. The zero-order valence-corrected chi connectivity index (χ0v) is 15.8. The Hall–Kier alpha value is -2.08. The molecular formula is C19H20BrNO4. The predicted molar refractivity (Wildman–Crippen MR) is 97.6 cm³/mol. The van der Waals surface area contributed by atoms with Gasteiger partial charge in [0.1, 0.15) is 5.75 Å². The largest absolute Gasteiger partial charge is 0.507 e. The van der Waals surface area contributed by atoms with Gasteiger partial charge in [-0.1, -0.05) is 28.8 Å². The Morgan fingerprint density at radius 3 is 2.68 bits per heavy atom. The van der Waals surface area contributed by atoms with Gasteiger partial charge in [-0.15, -0.1) is 0 Å². The molecule has 1 fully saturated rings. The Labute approximate surface area is 155 Å². The summed E-state index contributed by atoms with van der Waals surface area (Å²) in [6, 6.07) is 5.08. The lowest BCUT2D eigenvalue weighted by Crippen LogP contribution is -2.34. The lowest BCUT2D eigenvalue weighted by Gasteiger charge is -2.25. The van der Waals surface area contributed by atoms with Crippen molar-refractivity contribution in [3.63, 3.8) is 0 Å². The molecule has 132 valence electrons. The van der Waals surface area contributed by atoms with Crippen LogP contribution in [0.4, 0.5) is 0 Å². The van der Waals surface area contributed by atoms with Crippen LogP contribution in [-0.2, 0) is 14.3 Å². The molecule has 3 rings (SSSR count). The smallest absolute Gasteiger partial charge is 0.340 e. The molecule has 25 heavy (non-hydrogen) atoms. The van der Waals surface area contributed by atoms with Crippen LogP contribution in [0, 0.1) is 0 Å². The highest BCUT2D eigenvalue weighted by atomic mass is 79.9. The van der Waals surface area contributed by atoms with Gasteiger partial charge in [0.2, 0.25) is 0 Å². The number of benzene rings is 1. The summed E-state index contributed by atoms with van der Waals surface area (Å²) in [6.07, 6.45) is 5.61. The summed E-state index contributed by atoms with van der Waals surface area (Å²) < 4.78 is 5.67. The van der Waals surface area contributed by atoms with E-state index in [1.54, 1.807) is 36.1 Å². The third kappa shape index (κ3) is 3.23. The van der Waals surface area contributed by atoms with Gasteiger partial charge in [0.25, 0.3) is 5.91 Å². The van der Waals surface area contributed by atoms with Crippen molar-refractivity contribution in [2.24, 2.45) is 0 Å². The van der Waals surface area contributed by atoms with E-state index in [1.165, 1.54) is 7.11 Å². The predicted octanol–water partition coefficient (Wildman–Crippen LogP) is 3.77. The first-order chi connectivity index (χ1) is 11.9. The van der Waals surface area contributed by atoms with Gasteiger partial charge in [0, 0.05) is 21.8 Å². The average Bonchev–Trinajstić information content (AvgIpc) is 3.18. The second-order valence-corrected chi connectivity index (χ2v) is 7.24. The Kier molecular flexibility index (Phi) is 4.99. The lowest BCUT2D eigenvalue weighted by atomic mass is 10.0. The molecule has 5 nitrogen and oxygen atoms in total. The highest BCUT2D eigenvalue weighted by Gasteiger charge is 2.41. The number of carbonyl (C=O) groups excluding carboxylic acids is 2. The molecule has 0 unspecified atom stereocenters. The topological polar surface area (TPSA) is 66.8 Å². The Bertz CT molecular complexity index is 791. The van der Waals surface area contributed by atoms with E-state index in [-0.39, 0.29) is 28.8 Å². The van der Waals surface area contributed by atoms with Crippen LogP contribution in [0.5, 0.6) is 5.75 Å². The van der Waals surface area contributed by atoms with Crippen molar-refractivity contribution in [3.8, 4) is 5.75 Å². The minimum absolute atomic E-state index is 0.0460. The lowest BCUT2D eigenvalue weighted by molar-refractivity contribution is -0.136. The SMILES string of the molecule is COC(=O)C1=C(C)N(C2CCCC2)C(=O)/C1=C\c1cc(Br)ccc1O. The molecule has 1 heterocycles. The van der Waals surface area contributed by atoms with Gasteiger partial charge < -0.3 is 14.7 Å². The number of rotatable bonds is 3. The Morgan fingerprint density at radius 2 is 2.04 bits per heavy atom. The standard InChI is InChI=1S/C19H20BrNO4/c1-11-17(19(24)25-2)15(10-12-9-13(20)7-8-16(12)22)18(23)21(11)14-5-3-4-6-14/h7-10,14,22H,3-6H2,1-2H3/b15-10-. The van der Waals surface area contributed by atoms with Crippen LogP contribution in [0.2, 0.25) is 0 Å². The maximum atomic E-state index is 13.0. The van der Waals surface area contributed by atoms with Crippen LogP contribution in [0.1, 0.15) is 38.2 Å². The summed E-state index contributed by atoms with van der Waals surface area (Å²) >= 11 is 3.36. The molecule has 1 amide bonds. The van der Waals surface area contributed by atoms with Gasteiger partial charge in [0.15, 0.2) is 0 Å². The molecule has 2 aliphatic rings. The number of esters is 1. The van der Waals surface area contributed by atoms with Crippen molar-refractivity contribution in [2.45, 2.75) is 38.6 Å². The van der Waals surface area contributed by atoms with E-state index in [9.17, 15) is 14.7 Å². The van der Waals surface area contributed by atoms with Crippen LogP contribution in [0.25, 0.3) is 6.08 Å². The van der Waals surface area contributed by atoms with Crippen molar-refractivity contribution < 1.29 is 19.4 Å². The van der Waals surface area contributed by atoms with E-state index in [1.807, 2.05) is 0 Å². The van der Waals surface area contributed by atoms with Crippen molar-refractivity contribution in [2.75, 3.05) is 7.11 Å². The number of nitrogens with zero attached hydrogens (tertiary/aromatic N) is 1. The van der Waals surface area contributed by atoms with Gasteiger partial charge in [-0.2, -0.15) is 0 Å². The third-order valence-corrected chi connectivity index (χ3v) is 5.30. The monoisotopic (exact) mass is 405 g/mol. The molecule has 0 aromatic heterocycles. The van der Waals surface area contributed by atoms with Crippen LogP contribution in [-0.4, -0.2) is 35.0 Å². The number of hydrogen-bond acceptors (Lipinski definition) is 4. The van der Waals surface area contributed by atoms with Crippen molar-refractivity contribution >= 4 is 33.9 Å². The van der Waals surface area contributed by atoms with Crippen molar-refractivity contribution in [1.82, 2.24) is 4.90 Å². The summed E-state index contributed by atoms with van der Waals surface area (Å²) in [5.41, 5.74) is 1.65. The number of phenols is 1. The number of hydrogen-bond donors (Lipinski definition) is 1. The number of phenolic OH excluding ortho intramolecular Hbond substituents is 1. The minimum atomic E-state index is -0.535. The first-order valence-electron chi connectivity index (χ1n) is 8.27. The summed E-state index contributed by atoms with van der Waals surface area (Å²) in [5, 5.41) is 10.1. The summed E-state index contributed by atoms with van der Waals surface area (Å²) in [6.45, 7) is 1.78. The molecule has 0 radical (unpaired) electrons. The van der Waals surface area contributed by atoms with Crippen molar-refractivity contribution in [1.29, 1.82) is 0 Å². The van der Waals surface area contributed by atoms with Crippen LogP contribution in [0.3, 0.4) is 0 Å². The van der Waals surface area contributed by atoms with Gasteiger partial charge in [-0.3, -0.25) is 4.79 Å². The molecule has 0 bridgehead atoms. The molecule has 0 atom stereocenters. The number of allylic oxidation sites excluding steroid dienone is 1. The average molecular weight is 406 g/mol. The number of aromatic hydroxyl groups is 1. The van der Waals surface area contributed by atoms with Crippen LogP contribution < -0.4 is 0 Å².